The van der Waals surface area contributed by atoms with Crippen molar-refractivity contribution in [1.82, 2.24) is 0 Å². The van der Waals surface area contributed by atoms with Crippen LogP contribution in [0, 0.1) is 5.82 Å². The molecule has 0 heterocycles. The van der Waals surface area contributed by atoms with Gasteiger partial charge in [0, 0.05) is 17.8 Å². The van der Waals surface area contributed by atoms with E-state index in [9.17, 15) is 9.18 Å². The number of rotatable bonds is 5. The molecule has 1 amide bonds. The lowest BCUT2D eigenvalue weighted by atomic mass is 10.0. The predicted molar refractivity (Wildman–Crippen MR) is 83.0 cm³/mol. The van der Waals surface area contributed by atoms with E-state index in [0.717, 1.165) is 5.56 Å². The van der Waals surface area contributed by atoms with E-state index in [1.165, 1.54) is 12.1 Å². The van der Waals surface area contributed by atoms with E-state index in [4.69, 9.17) is 5.73 Å². The molecule has 0 aliphatic carbocycles. The summed E-state index contributed by atoms with van der Waals surface area (Å²) >= 11 is 0. The van der Waals surface area contributed by atoms with Crippen LogP contribution < -0.4 is 10.6 Å². The summed E-state index contributed by atoms with van der Waals surface area (Å²) in [5.74, 6) is -0.404. The molecule has 0 fully saturated rings. The molecule has 0 bridgehead atoms. The highest BCUT2D eigenvalue weighted by molar-refractivity contribution is 6.07. The highest BCUT2D eigenvalue weighted by atomic mass is 19.1. The number of benzene rings is 2. The third-order valence-corrected chi connectivity index (χ3v) is 3.36. The Bertz CT molecular complexity index is 610. The first-order chi connectivity index (χ1) is 10.2. The molecule has 0 aliphatic heterocycles. The van der Waals surface area contributed by atoms with Crippen molar-refractivity contribution >= 4 is 11.6 Å². The van der Waals surface area contributed by atoms with Crippen LogP contribution in [-0.2, 0) is 6.42 Å². The Balaban J connectivity index is 2.34. The maximum atomic E-state index is 13.0. The number of amides is 1. The van der Waals surface area contributed by atoms with Gasteiger partial charge in [0.25, 0.3) is 5.91 Å². The van der Waals surface area contributed by atoms with Gasteiger partial charge in [0.2, 0.25) is 0 Å². The molecule has 0 radical (unpaired) electrons. The van der Waals surface area contributed by atoms with Crippen molar-refractivity contribution in [2.45, 2.75) is 13.3 Å². The molecule has 3 nitrogen and oxygen atoms in total. The largest absolute Gasteiger partial charge is 0.330 e. The summed E-state index contributed by atoms with van der Waals surface area (Å²) in [5.41, 5.74) is 7.87. The average Bonchev–Trinajstić information content (AvgIpc) is 2.50. The van der Waals surface area contributed by atoms with Crippen LogP contribution in [0.4, 0.5) is 10.1 Å². The van der Waals surface area contributed by atoms with Crippen LogP contribution in [0.1, 0.15) is 22.8 Å². The zero-order chi connectivity index (χ0) is 15.2. The molecule has 0 saturated carbocycles. The molecular weight excluding hydrogens is 267 g/mol. The number of nitrogens with zero attached hydrogens (tertiary/aromatic N) is 1. The lowest BCUT2D eigenvalue weighted by molar-refractivity contribution is 0.0987. The summed E-state index contributed by atoms with van der Waals surface area (Å²) in [7, 11) is 0. The Kier molecular flexibility index (Phi) is 5.06. The van der Waals surface area contributed by atoms with Gasteiger partial charge in [-0.15, -0.1) is 0 Å². The van der Waals surface area contributed by atoms with Crippen molar-refractivity contribution in [1.29, 1.82) is 0 Å². The third kappa shape index (κ3) is 3.47. The average molecular weight is 286 g/mol. The van der Waals surface area contributed by atoms with E-state index in [0.29, 0.717) is 30.8 Å². The Morgan fingerprint density at radius 3 is 2.43 bits per heavy atom. The fourth-order valence-electron chi connectivity index (χ4n) is 2.31. The summed E-state index contributed by atoms with van der Waals surface area (Å²) in [6.07, 6.45) is 0.656. The number of carbonyl (C=O) groups excluding carboxylic acids is 1. The van der Waals surface area contributed by atoms with Crippen LogP contribution in [0.3, 0.4) is 0 Å². The molecule has 0 unspecified atom stereocenters. The van der Waals surface area contributed by atoms with Crippen molar-refractivity contribution in [3.63, 3.8) is 0 Å². The number of carbonyl (C=O) groups is 1. The third-order valence-electron chi connectivity index (χ3n) is 3.36. The van der Waals surface area contributed by atoms with Crippen LogP contribution in [0.15, 0.2) is 48.5 Å². The van der Waals surface area contributed by atoms with Gasteiger partial charge in [0.1, 0.15) is 5.82 Å². The van der Waals surface area contributed by atoms with Gasteiger partial charge in [-0.1, -0.05) is 18.2 Å². The van der Waals surface area contributed by atoms with Crippen molar-refractivity contribution < 1.29 is 9.18 Å². The number of nitrogens with two attached hydrogens (primary N) is 1. The zero-order valence-corrected chi connectivity index (χ0v) is 12.1. The Labute approximate surface area is 124 Å². The maximum Gasteiger partial charge on any atom is 0.258 e. The van der Waals surface area contributed by atoms with Gasteiger partial charge in [-0.3, -0.25) is 4.79 Å². The van der Waals surface area contributed by atoms with Gasteiger partial charge in [0.05, 0.1) is 0 Å². The quantitative estimate of drug-likeness (QED) is 0.918. The van der Waals surface area contributed by atoms with E-state index in [1.807, 2.05) is 25.1 Å². The molecular formula is C17H19FN2O. The summed E-state index contributed by atoms with van der Waals surface area (Å²) in [5, 5.41) is 0. The van der Waals surface area contributed by atoms with Gasteiger partial charge in [-0.2, -0.15) is 0 Å². The van der Waals surface area contributed by atoms with E-state index >= 15 is 0 Å². The molecule has 2 aromatic rings. The van der Waals surface area contributed by atoms with Crippen molar-refractivity contribution in [3.05, 3.63) is 65.5 Å². The fraction of sp³-hybridized carbons (Fsp3) is 0.235. The summed E-state index contributed by atoms with van der Waals surface area (Å²) < 4.78 is 13.0. The van der Waals surface area contributed by atoms with E-state index in [2.05, 4.69) is 0 Å². The molecule has 110 valence electrons. The van der Waals surface area contributed by atoms with Crippen LogP contribution in [0.5, 0.6) is 0 Å². The second kappa shape index (κ2) is 6.99. The van der Waals surface area contributed by atoms with Gasteiger partial charge in [-0.05, 0) is 55.8 Å². The zero-order valence-electron chi connectivity index (χ0n) is 12.1. The number of hydrogen-bond donors (Lipinski definition) is 1. The molecule has 2 rings (SSSR count). The normalized spacial score (nSPS) is 10.4. The summed E-state index contributed by atoms with van der Waals surface area (Å²) in [6.45, 7) is 2.90. The molecule has 21 heavy (non-hydrogen) atoms. The van der Waals surface area contributed by atoms with Crippen LogP contribution >= 0.6 is 0 Å². The summed E-state index contributed by atoms with van der Waals surface area (Å²) in [6, 6.07) is 13.4. The second-order valence-electron chi connectivity index (χ2n) is 4.72. The first kappa shape index (κ1) is 15.2. The van der Waals surface area contributed by atoms with Gasteiger partial charge in [-0.25, -0.2) is 4.39 Å². The minimum absolute atomic E-state index is 0.0897. The van der Waals surface area contributed by atoms with Crippen molar-refractivity contribution in [3.8, 4) is 0 Å². The highest BCUT2D eigenvalue weighted by Crippen LogP contribution is 2.19. The Hall–Kier alpha value is -2.20. The van der Waals surface area contributed by atoms with Gasteiger partial charge in [0.15, 0.2) is 0 Å². The Morgan fingerprint density at radius 2 is 1.81 bits per heavy atom. The van der Waals surface area contributed by atoms with Crippen LogP contribution in [0.25, 0.3) is 0 Å². The topological polar surface area (TPSA) is 46.3 Å². The number of halogens is 1. The molecule has 2 N–H and O–H groups in total. The van der Waals surface area contributed by atoms with E-state index in [-0.39, 0.29) is 11.7 Å². The first-order valence-electron chi connectivity index (χ1n) is 7.02. The number of anilines is 1. The molecule has 0 saturated heterocycles. The minimum atomic E-state index is -0.314. The lowest BCUT2D eigenvalue weighted by Gasteiger charge is -2.22. The lowest BCUT2D eigenvalue weighted by Crippen LogP contribution is -2.31. The van der Waals surface area contributed by atoms with Gasteiger partial charge < -0.3 is 10.6 Å². The minimum Gasteiger partial charge on any atom is -0.330 e. The second-order valence-corrected chi connectivity index (χ2v) is 4.72. The monoisotopic (exact) mass is 286 g/mol. The summed E-state index contributed by atoms with van der Waals surface area (Å²) in [4.78, 5) is 14.4. The Morgan fingerprint density at radius 1 is 1.14 bits per heavy atom. The predicted octanol–water partition coefficient (Wildman–Crippen LogP) is 2.99. The molecule has 2 aromatic carbocycles. The van der Waals surface area contributed by atoms with Crippen molar-refractivity contribution in [2.75, 3.05) is 18.0 Å². The van der Waals surface area contributed by atoms with E-state index < -0.39 is 0 Å². The van der Waals surface area contributed by atoms with Crippen LogP contribution in [-0.4, -0.2) is 19.0 Å². The molecule has 0 aliphatic rings. The molecule has 0 atom stereocenters. The number of hydrogen-bond acceptors (Lipinski definition) is 2. The SMILES string of the molecule is CCN(C(=O)c1ccccc1CCN)c1ccc(F)cc1. The molecule has 4 heteroatoms. The molecule has 0 spiro atoms. The smallest absolute Gasteiger partial charge is 0.258 e. The maximum absolute atomic E-state index is 13.0. The van der Waals surface area contributed by atoms with Crippen molar-refractivity contribution in [2.24, 2.45) is 5.73 Å². The van der Waals surface area contributed by atoms with Gasteiger partial charge >= 0.3 is 0 Å². The highest BCUT2D eigenvalue weighted by Gasteiger charge is 2.18. The first-order valence-corrected chi connectivity index (χ1v) is 7.02. The molecule has 0 aromatic heterocycles. The van der Waals surface area contributed by atoms with Crippen LogP contribution in [0.2, 0.25) is 0 Å². The fourth-order valence-corrected chi connectivity index (χ4v) is 2.31. The van der Waals surface area contributed by atoms with E-state index in [1.54, 1.807) is 23.1 Å². The standard InChI is InChI=1S/C17H19FN2O/c1-2-20(15-9-7-14(18)8-10-15)17(21)16-6-4-3-5-13(16)11-12-19/h3-10H,2,11-12,19H2,1H3.